The predicted molar refractivity (Wildman–Crippen MR) is 84.6 cm³/mol. The third-order valence-corrected chi connectivity index (χ3v) is 3.77. The summed E-state index contributed by atoms with van der Waals surface area (Å²) in [6, 6.07) is 3.27. The van der Waals surface area contributed by atoms with E-state index in [4.69, 9.17) is 20.5 Å². The lowest BCUT2D eigenvalue weighted by atomic mass is 10.0. The summed E-state index contributed by atoms with van der Waals surface area (Å²) in [6.07, 6.45) is -0.510. The highest BCUT2D eigenvalue weighted by molar-refractivity contribution is 7.86. The summed E-state index contributed by atoms with van der Waals surface area (Å²) >= 11 is 5.88. The average molecular weight is 363 g/mol. The number of nitrogens with zero attached hydrogens (tertiary/aromatic N) is 2. The largest absolute Gasteiger partial charge is 0.444 e. The fourth-order valence-electron chi connectivity index (χ4n) is 2.20. The minimum absolute atomic E-state index is 0.0162. The Bertz CT molecular complexity index is 714. The van der Waals surface area contributed by atoms with Crippen LogP contribution in [0.3, 0.4) is 0 Å². The number of hydrogen-bond acceptors (Lipinski definition) is 6. The van der Waals surface area contributed by atoms with Gasteiger partial charge in [-0.25, -0.2) is 9.78 Å². The number of aromatic nitrogens is 1. The van der Waals surface area contributed by atoms with E-state index in [0.29, 0.717) is 11.3 Å². The van der Waals surface area contributed by atoms with Gasteiger partial charge in [0.15, 0.2) is 0 Å². The molecule has 0 radical (unpaired) electrons. The number of fused-ring (bicyclic) bond motifs is 1. The van der Waals surface area contributed by atoms with E-state index in [1.54, 1.807) is 32.9 Å². The standard InChI is InChI=1S/C14H19ClN2O5S/c1-14(2,3)21-13(18)17-7-9-5-6-11(15)16-12(9)10(8-17)22-23(4,19)20/h5-6,10H,7-8H2,1-4H3. The van der Waals surface area contributed by atoms with E-state index in [-0.39, 0.29) is 18.2 Å². The normalized spacial score (nSPS) is 18.5. The van der Waals surface area contributed by atoms with E-state index < -0.39 is 27.9 Å². The molecule has 7 nitrogen and oxygen atoms in total. The molecule has 1 aromatic heterocycles. The summed E-state index contributed by atoms with van der Waals surface area (Å²) in [7, 11) is -3.73. The van der Waals surface area contributed by atoms with Gasteiger partial charge in [0.25, 0.3) is 10.1 Å². The van der Waals surface area contributed by atoms with Crippen molar-refractivity contribution in [3.63, 3.8) is 0 Å². The van der Waals surface area contributed by atoms with Gasteiger partial charge in [-0.2, -0.15) is 8.42 Å². The van der Waals surface area contributed by atoms with E-state index in [2.05, 4.69) is 4.98 Å². The molecule has 128 valence electrons. The molecule has 1 aliphatic rings. The zero-order valence-corrected chi connectivity index (χ0v) is 14.9. The van der Waals surface area contributed by atoms with Crippen LogP contribution in [0, 0.1) is 0 Å². The van der Waals surface area contributed by atoms with Crippen molar-refractivity contribution in [2.24, 2.45) is 0 Å². The molecule has 2 rings (SSSR count). The maximum Gasteiger partial charge on any atom is 0.410 e. The van der Waals surface area contributed by atoms with Gasteiger partial charge in [0, 0.05) is 0 Å². The average Bonchev–Trinajstić information content (AvgIpc) is 2.35. The molecular formula is C14H19ClN2O5S. The summed E-state index contributed by atoms with van der Waals surface area (Å²) in [5.74, 6) is 0. The zero-order chi connectivity index (χ0) is 17.4. The van der Waals surface area contributed by atoms with Crippen molar-refractivity contribution in [1.29, 1.82) is 0 Å². The molecule has 0 bridgehead atoms. The molecule has 9 heteroatoms. The maximum absolute atomic E-state index is 12.3. The second-order valence-corrected chi connectivity index (χ2v) is 8.32. The highest BCUT2D eigenvalue weighted by Crippen LogP contribution is 2.31. The molecular weight excluding hydrogens is 344 g/mol. The summed E-state index contributed by atoms with van der Waals surface area (Å²) in [6.45, 7) is 5.54. The Kier molecular flexibility index (Phi) is 4.89. The van der Waals surface area contributed by atoms with Crippen LogP contribution in [0.4, 0.5) is 4.79 Å². The Labute approximate surface area is 140 Å². The number of carbonyl (C=O) groups excluding carboxylic acids is 1. The summed E-state index contributed by atoms with van der Waals surface area (Å²) in [4.78, 5) is 17.8. The monoisotopic (exact) mass is 362 g/mol. The van der Waals surface area contributed by atoms with Gasteiger partial charge in [0.2, 0.25) is 0 Å². The van der Waals surface area contributed by atoms with Gasteiger partial charge in [-0.15, -0.1) is 0 Å². The Balaban J connectivity index is 2.31. The van der Waals surface area contributed by atoms with Crippen LogP contribution in [0.1, 0.15) is 38.1 Å². The summed E-state index contributed by atoms with van der Waals surface area (Å²) in [5, 5.41) is 0.233. The van der Waals surface area contributed by atoms with Crippen molar-refractivity contribution in [1.82, 2.24) is 9.88 Å². The number of amides is 1. The van der Waals surface area contributed by atoms with Gasteiger partial charge in [-0.3, -0.25) is 4.18 Å². The van der Waals surface area contributed by atoms with Crippen LogP contribution < -0.4 is 0 Å². The molecule has 1 atom stereocenters. The van der Waals surface area contributed by atoms with E-state index in [1.807, 2.05) is 0 Å². The maximum atomic E-state index is 12.3. The number of ether oxygens (including phenoxy) is 1. The molecule has 0 aliphatic carbocycles. The number of rotatable bonds is 2. The number of pyridine rings is 1. The second-order valence-electron chi connectivity index (χ2n) is 6.33. The van der Waals surface area contributed by atoms with Crippen LogP contribution in [-0.4, -0.2) is 42.8 Å². The van der Waals surface area contributed by atoms with Crippen molar-refractivity contribution in [2.75, 3.05) is 12.8 Å². The molecule has 1 aromatic rings. The highest BCUT2D eigenvalue weighted by Gasteiger charge is 2.34. The molecule has 1 unspecified atom stereocenters. The van der Waals surface area contributed by atoms with Gasteiger partial charge in [0.05, 0.1) is 25.0 Å². The molecule has 0 aromatic carbocycles. The topological polar surface area (TPSA) is 85.8 Å². The third-order valence-electron chi connectivity index (χ3n) is 2.97. The van der Waals surface area contributed by atoms with Gasteiger partial charge in [0.1, 0.15) is 16.9 Å². The van der Waals surface area contributed by atoms with Gasteiger partial charge >= 0.3 is 6.09 Å². The lowest BCUT2D eigenvalue weighted by Crippen LogP contribution is -2.42. The SMILES string of the molecule is CC(C)(C)OC(=O)N1Cc2ccc(Cl)nc2C(OS(C)(=O)=O)C1. The van der Waals surface area contributed by atoms with E-state index in [0.717, 1.165) is 6.26 Å². The van der Waals surface area contributed by atoms with Gasteiger partial charge in [-0.05, 0) is 32.4 Å². The number of hydrogen-bond donors (Lipinski definition) is 0. The molecule has 23 heavy (non-hydrogen) atoms. The van der Waals surface area contributed by atoms with Crippen LogP contribution in [0.15, 0.2) is 12.1 Å². The van der Waals surface area contributed by atoms with E-state index >= 15 is 0 Å². The van der Waals surface area contributed by atoms with Crippen LogP contribution in [-0.2, 0) is 25.6 Å². The Morgan fingerprint density at radius 3 is 2.61 bits per heavy atom. The van der Waals surface area contributed by atoms with Crippen molar-refractivity contribution >= 4 is 27.8 Å². The fourth-order valence-corrected chi connectivity index (χ4v) is 2.93. The molecule has 1 aliphatic heterocycles. The van der Waals surface area contributed by atoms with Gasteiger partial charge < -0.3 is 9.64 Å². The number of carbonyl (C=O) groups is 1. The first kappa shape index (κ1) is 18.0. The number of halogens is 1. The van der Waals surface area contributed by atoms with Gasteiger partial charge in [-0.1, -0.05) is 17.7 Å². The summed E-state index contributed by atoms with van der Waals surface area (Å²) in [5.41, 5.74) is 0.436. The van der Waals surface area contributed by atoms with E-state index in [1.165, 1.54) is 4.90 Å². The van der Waals surface area contributed by atoms with Crippen LogP contribution >= 0.6 is 11.6 Å². The van der Waals surface area contributed by atoms with Crippen LogP contribution in [0.25, 0.3) is 0 Å². The lowest BCUT2D eigenvalue weighted by molar-refractivity contribution is 0.0113. The minimum Gasteiger partial charge on any atom is -0.444 e. The Morgan fingerprint density at radius 2 is 2.04 bits per heavy atom. The first-order valence-corrected chi connectivity index (χ1v) is 9.15. The van der Waals surface area contributed by atoms with Crippen molar-refractivity contribution in [3.05, 3.63) is 28.5 Å². The molecule has 1 amide bonds. The smallest absolute Gasteiger partial charge is 0.410 e. The molecule has 2 heterocycles. The van der Waals surface area contributed by atoms with Crippen molar-refractivity contribution in [2.45, 2.75) is 39.0 Å². The van der Waals surface area contributed by atoms with Crippen LogP contribution in [0.5, 0.6) is 0 Å². The zero-order valence-electron chi connectivity index (χ0n) is 13.4. The fraction of sp³-hybridized carbons (Fsp3) is 0.571. The molecule has 0 saturated carbocycles. The van der Waals surface area contributed by atoms with Crippen molar-refractivity contribution < 1.29 is 22.1 Å². The van der Waals surface area contributed by atoms with Crippen LogP contribution in [0.2, 0.25) is 5.15 Å². The van der Waals surface area contributed by atoms with Crippen molar-refractivity contribution in [3.8, 4) is 0 Å². The Morgan fingerprint density at radius 1 is 1.39 bits per heavy atom. The Hall–Kier alpha value is -1.38. The molecule has 0 spiro atoms. The third kappa shape index (κ3) is 5.05. The lowest BCUT2D eigenvalue weighted by Gasteiger charge is -2.34. The summed E-state index contributed by atoms with van der Waals surface area (Å²) < 4.78 is 33.4. The molecule has 0 fully saturated rings. The minimum atomic E-state index is -3.73. The predicted octanol–water partition coefficient (Wildman–Crippen LogP) is 2.50. The second kappa shape index (κ2) is 6.26. The first-order valence-electron chi connectivity index (χ1n) is 6.96. The first-order chi connectivity index (χ1) is 10.4. The highest BCUT2D eigenvalue weighted by atomic mass is 35.5. The molecule has 0 N–H and O–H groups in total. The quantitative estimate of drug-likeness (QED) is 0.593. The van der Waals surface area contributed by atoms with E-state index in [9.17, 15) is 13.2 Å². The molecule has 0 saturated heterocycles.